The lowest BCUT2D eigenvalue weighted by Gasteiger charge is -2.19. The first-order valence-electron chi connectivity index (χ1n) is 8.98. The maximum Gasteiger partial charge on any atom is 0.338 e. The van der Waals surface area contributed by atoms with E-state index in [1.54, 1.807) is 12.1 Å². The number of anilines is 1. The van der Waals surface area contributed by atoms with Crippen molar-refractivity contribution in [3.8, 4) is 0 Å². The molecule has 132 valence electrons. The smallest absolute Gasteiger partial charge is 0.338 e. The Morgan fingerprint density at radius 3 is 2.80 bits per heavy atom. The number of nitrogens with two attached hydrogens (primary N) is 1. The third-order valence-corrected chi connectivity index (χ3v) is 4.51. The van der Waals surface area contributed by atoms with Gasteiger partial charge < -0.3 is 15.4 Å². The van der Waals surface area contributed by atoms with Crippen LogP contribution in [0.3, 0.4) is 0 Å². The molecule has 0 bridgehead atoms. The number of rotatable bonds is 7. The highest BCUT2D eigenvalue weighted by atomic mass is 16.5. The Balaban J connectivity index is 1.47. The van der Waals surface area contributed by atoms with Crippen LogP contribution in [0.25, 0.3) is 0 Å². The molecule has 0 radical (unpaired) electrons. The van der Waals surface area contributed by atoms with E-state index in [9.17, 15) is 4.79 Å². The molecule has 0 aliphatic carbocycles. The molecule has 25 heavy (non-hydrogen) atoms. The van der Waals surface area contributed by atoms with Crippen molar-refractivity contribution < 1.29 is 9.53 Å². The molecule has 0 amide bonds. The predicted molar refractivity (Wildman–Crippen MR) is 101 cm³/mol. The lowest BCUT2D eigenvalue weighted by atomic mass is 10.0. The van der Waals surface area contributed by atoms with Gasteiger partial charge in [0.25, 0.3) is 0 Å². The first-order valence-corrected chi connectivity index (χ1v) is 8.98. The van der Waals surface area contributed by atoms with E-state index in [-0.39, 0.29) is 12.0 Å². The van der Waals surface area contributed by atoms with Crippen molar-refractivity contribution in [2.24, 2.45) is 5.73 Å². The third-order valence-electron chi connectivity index (χ3n) is 4.51. The molecule has 1 heterocycles. The molecule has 2 aromatic carbocycles. The van der Waals surface area contributed by atoms with Gasteiger partial charge >= 0.3 is 5.97 Å². The minimum atomic E-state index is -0.247. The van der Waals surface area contributed by atoms with Gasteiger partial charge in [-0.05, 0) is 55.5 Å². The zero-order valence-corrected chi connectivity index (χ0v) is 14.8. The Morgan fingerprint density at radius 2 is 2.04 bits per heavy atom. The largest absolute Gasteiger partial charge is 0.462 e. The second kappa shape index (κ2) is 8.17. The van der Waals surface area contributed by atoms with E-state index in [1.807, 2.05) is 25.1 Å². The highest BCUT2D eigenvalue weighted by Crippen LogP contribution is 2.29. The van der Waals surface area contributed by atoms with Crippen LogP contribution < -0.4 is 10.6 Å². The molecular formula is C21H26N2O2. The van der Waals surface area contributed by atoms with Crippen LogP contribution in [0.2, 0.25) is 0 Å². The zero-order valence-electron chi connectivity index (χ0n) is 14.8. The summed E-state index contributed by atoms with van der Waals surface area (Å²) in [7, 11) is 0. The highest BCUT2D eigenvalue weighted by molar-refractivity contribution is 5.89. The van der Waals surface area contributed by atoms with E-state index >= 15 is 0 Å². The van der Waals surface area contributed by atoms with Crippen LogP contribution >= 0.6 is 0 Å². The fraction of sp³-hybridized carbons (Fsp3) is 0.381. The van der Waals surface area contributed by atoms with Gasteiger partial charge in [0, 0.05) is 24.8 Å². The average Bonchev–Trinajstić information content (AvgIpc) is 3.01. The number of benzene rings is 2. The number of hydrogen-bond donors (Lipinski definition) is 1. The number of fused-ring (bicyclic) bond motifs is 1. The molecule has 2 N–H and O–H groups in total. The minimum Gasteiger partial charge on any atom is -0.462 e. The van der Waals surface area contributed by atoms with Gasteiger partial charge in [0.1, 0.15) is 0 Å². The van der Waals surface area contributed by atoms with Crippen LogP contribution in [0.1, 0.15) is 34.8 Å². The Bertz CT molecular complexity index is 713. The van der Waals surface area contributed by atoms with Gasteiger partial charge in [0.2, 0.25) is 0 Å². The summed E-state index contributed by atoms with van der Waals surface area (Å²) in [5.74, 6) is -0.247. The number of carbonyl (C=O) groups excluding carboxylic acids is 1. The fourth-order valence-corrected chi connectivity index (χ4v) is 3.33. The Labute approximate surface area is 149 Å². The van der Waals surface area contributed by atoms with Crippen molar-refractivity contribution in [1.29, 1.82) is 0 Å². The van der Waals surface area contributed by atoms with Crippen LogP contribution in [0.5, 0.6) is 0 Å². The van der Waals surface area contributed by atoms with E-state index in [4.69, 9.17) is 10.5 Å². The molecule has 0 aromatic heterocycles. The summed E-state index contributed by atoms with van der Waals surface area (Å²) in [6.07, 6.45) is 2.83. The first-order chi connectivity index (χ1) is 12.1. The van der Waals surface area contributed by atoms with E-state index in [0.29, 0.717) is 12.2 Å². The Kier molecular flexibility index (Phi) is 5.71. The van der Waals surface area contributed by atoms with Gasteiger partial charge in [0.15, 0.2) is 0 Å². The minimum absolute atomic E-state index is 0.190. The predicted octanol–water partition coefficient (Wildman–Crippen LogP) is 3.19. The number of carbonyl (C=O) groups is 1. The lowest BCUT2D eigenvalue weighted by Crippen LogP contribution is -2.23. The second-order valence-corrected chi connectivity index (χ2v) is 6.74. The van der Waals surface area contributed by atoms with Gasteiger partial charge in [-0.2, -0.15) is 0 Å². The van der Waals surface area contributed by atoms with Crippen molar-refractivity contribution in [2.45, 2.75) is 32.2 Å². The Morgan fingerprint density at radius 1 is 1.24 bits per heavy atom. The fourth-order valence-electron chi connectivity index (χ4n) is 3.33. The number of ether oxygens (including phenoxy) is 1. The van der Waals surface area contributed by atoms with Crippen molar-refractivity contribution in [1.82, 2.24) is 0 Å². The summed E-state index contributed by atoms with van der Waals surface area (Å²) in [6.45, 7) is 4.42. The van der Waals surface area contributed by atoms with Gasteiger partial charge in [-0.25, -0.2) is 4.79 Å². The molecule has 1 atom stereocenters. The summed E-state index contributed by atoms with van der Waals surface area (Å²) in [5, 5.41) is 0. The molecule has 0 unspecified atom stereocenters. The van der Waals surface area contributed by atoms with Gasteiger partial charge in [-0.1, -0.05) is 30.3 Å². The second-order valence-electron chi connectivity index (χ2n) is 6.74. The average molecular weight is 338 g/mol. The van der Waals surface area contributed by atoms with Gasteiger partial charge in [0.05, 0.1) is 12.2 Å². The van der Waals surface area contributed by atoms with Crippen LogP contribution in [-0.2, 0) is 17.6 Å². The van der Waals surface area contributed by atoms with E-state index in [0.717, 1.165) is 32.4 Å². The molecule has 0 saturated heterocycles. The first kappa shape index (κ1) is 17.5. The quantitative estimate of drug-likeness (QED) is 0.622. The highest BCUT2D eigenvalue weighted by Gasteiger charge is 2.19. The van der Waals surface area contributed by atoms with Gasteiger partial charge in [-0.15, -0.1) is 0 Å². The summed E-state index contributed by atoms with van der Waals surface area (Å²) < 4.78 is 5.36. The molecule has 4 nitrogen and oxygen atoms in total. The number of nitrogens with zero attached hydrogens (tertiary/aromatic N) is 1. The molecule has 0 saturated carbocycles. The molecule has 0 fully saturated rings. The molecule has 4 heteroatoms. The summed E-state index contributed by atoms with van der Waals surface area (Å²) in [5.41, 5.74) is 10.5. The molecule has 0 spiro atoms. The number of hydrogen-bond acceptors (Lipinski definition) is 4. The van der Waals surface area contributed by atoms with E-state index < -0.39 is 0 Å². The summed E-state index contributed by atoms with van der Waals surface area (Å²) >= 11 is 0. The lowest BCUT2D eigenvalue weighted by molar-refractivity contribution is 0.0502. The summed E-state index contributed by atoms with van der Waals surface area (Å²) in [6, 6.07) is 16.0. The van der Waals surface area contributed by atoms with Crippen LogP contribution in [0.4, 0.5) is 5.69 Å². The molecular weight excluding hydrogens is 312 g/mol. The standard InChI is InChI=1S/C21H26N2O2/c1-16(22)14-17-8-9-20-19(15-17)10-12-23(20)11-5-13-25-21(24)18-6-3-2-4-7-18/h2-4,6-9,15-16H,5,10-14,22H2,1H3/t16-/m1/s1. The monoisotopic (exact) mass is 338 g/mol. The summed E-state index contributed by atoms with van der Waals surface area (Å²) in [4.78, 5) is 14.3. The zero-order chi connectivity index (χ0) is 17.6. The van der Waals surface area contributed by atoms with Crippen molar-refractivity contribution in [3.63, 3.8) is 0 Å². The molecule has 3 rings (SSSR count). The van der Waals surface area contributed by atoms with Crippen LogP contribution in [0.15, 0.2) is 48.5 Å². The molecule has 1 aliphatic rings. The molecule has 2 aromatic rings. The Hall–Kier alpha value is -2.33. The maximum absolute atomic E-state index is 11.9. The number of esters is 1. The normalized spacial score (nSPS) is 14.2. The van der Waals surface area contributed by atoms with E-state index in [1.165, 1.54) is 16.8 Å². The maximum atomic E-state index is 11.9. The third kappa shape index (κ3) is 4.60. The van der Waals surface area contributed by atoms with Gasteiger partial charge in [-0.3, -0.25) is 0 Å². The topological polar surface area (TPSA) is 55.6 Å². The van der Waals surface area contributed by atoms with Crippen molar-refractivity contribution in [3.05, 3.63) is 65.2 Å². The van der Waals surface area contributed by atoms with Crippen molar-refractivity contribution >= 4 is 11.7 Å². The van der Waals surface area contributed by atoms with E-state index in [2.05, 4.69) is 23.1 Å². The van der Waals surface area contributed by atoms with Crippen LogP contribution in [0, 0.1) is 0 Å². The molecule has 1 aliphatic heterocycles. The van der Waals surface area contributed by atoms with Crippen molar-refractivity contribution in [2.75, 3.05) is 24.6 Å². The van der Waals surface area contributed by atoms with Crippen LogP contribution in [-0.4, -0.2) is 31.7 Å². The SMILES string of the molecule is C[C@@H](N)Cc1ccc2c(c1)CCN2CCCOC(=O)c1ccccc1.